The van der Waals surface area contributed by atoms with Gasteiger partial charge in [-0.25, -0.2) is 0 Å². The molecule has 2 unspecified atom stereocenters. The molecule has 0 radical (unpaired) electrons. The highest BCUT2D eigenvalue weighted by Gasteiger charge is 2.22. The first-order valence-corrected chi connectivity index (χ1v) is 7.23. The molecule has 2 atom stereocenters. The minimum atomic E-state index is 0.658. The molecule has 0 bridgehead atoms. The summed E-state index contributed by atoms with van der Waals surface area (Å²) in [4.78, 5) is 0. The highest BCUT2D eigenvalue weighted by molar-refractivity contribution is 5.13. The van der Waals surface area contributed by atoms with Crippen LogP contribution in [0.5, 0.6) is 0 Å². The molecular formula is C18H24O. The minimum Gasteiger partial charge on any atom is -0.497 e. The third-order valence-electron chi connectivity index (χ3n) is 3.69. The maximum absolute atomic E-state index is 5.63. The lowest BCUT2D eigenvalue weighted by Gasteiger charge is -2.12. The van der Waals surface area contributed by atoms with Gasteiger partial charge < -0.3 is 4.74 Å². The molecule has 1 aliphatic rings. The van der Waals surface area contributed by atoms with E-state index in [0.717, 1.165) is 0 Å². The number of hydrogen-bond acceptors (Lipinski definition) is 1. The quantitative estimate of drug-likeness (QED) is 0.526. The molecule has 2 rings (SSSR count). The molecule has 0 heterocycles. The molecule has 1 saturated carbocycles. The van der Waals surface area contributed by atoms with Gasteiger partial charge in [0.05, 0.1) is 6.26 Å². The Bertz CT molecular complexity index is 426. The van der Waals surface area contributed by atoms with Gasteiger partial charge in [-0.05, 0) is 50.2 Å². The molecule has 1 fully saturated rings. The lowest BCUT2D eigenvalue weighted by Crippen LogP contribution is -2.02. The minimum absolute atomic E-state index is 0.658. The zero-order chi connectivity index (χ0) is 13.5. The molecule has 1 nitrogen and oxygen atoms in total. The Morgan fingerprint density at radius 1 is 1.16 bits per heavy atom. The second-order valence-electron chi connectivity index (χ2n) is 5.63. The van der Waals surface area contributed by atoms with Crippen LogP contribution < -0.4 is 0 Å². The van der Waals surface area contributed by atoms with Gasteiger partial charge >= 0.3 is 0 Å². The Balaban J connectivity index is 1.80. The van der Waals surface area contributed by atoms with E-state index in [4.69, 9.17) is 4.74 Å². The van der Waals surface area contributed by atoms with Crippen molar-refractivity contribution in [2.24, 2.45) is 11.8 Å². The summed E-state index contributed by atoms with van der Waals surface area (Å²) in [7, 11) is 0. The van der Waals surface area contributed by atoms with Gasteiger partial charge in [0.2, 0.25) is 0 Å². The van der Waals surface area contributed by atoms with Gasteiger partial charge in [0.25, 0.3) is 0 Å². The van der Waals surface area contributed by atoms with Crippen LogP contribution in [0.2, 0.25) is 0 Å². The summed E-state index contributed by atoms with van der Waals surface area (Å²) >= 11 is 0. The fourth-order valence-corrected chi connectivity index (χ4v) is 2.77. The van der Waals surface area contributed by atoms with Crippen molar-refractivity contribution in [2.75, 3.05) is 0 Å². The largest absolute Gasteiger partial charge is 0.497 e. The first-order chi connectivity index (χ1) is 9.25. The monoisotopic (exact) mass is 256 g/mol. The van der Waals surface area contributed by atoms with Crippen LogP contribution in [0.3, 0.4) is 0 Å². The summed E-state index contributed by atoms with van der Waals surface area (Å²) in [5.74, 6) is 1.37. The van der Waals surface area contributed by atoms with Crippen LogP contribution in [-0.2, 0) is 11.3 Å². The summed E-state index contributed by atoms with van der Waals surface area (Å²) < 4.78 is 5.63. The molecule has 0 aromatic heterocycles. The second kappa shape index (κ2) is 7.18. The van der Waals surface area contributed by atoms with Gasteiger partial charge in [-0.2, -0.15) is 0 Å². The standard InChI is InChI=1S/C18H24O/c1-15(2)13-18-10-6-9-17(18)11-12-19-14-16-7-4-3-5-8-16/h3-5,7-8,11-13,17-18H,6,9-10,14H2,1-2H3/b12-11+. The molecule has 0 aliphatic heterocycles. The van der Waals surface area contributed by atoms with Crippen LogP contribution in [0.1, 0.15) is 38.7 Å². The van der Waals surface area contributed by atoms with Crippen LogP contribution in [-0.4, -0.2) is 0 Å². The third kappa shape index (κ3) is 4.59. The topological polar surface area (TPSA) is 9.23 Å². The first kappa shape index (κ1) is 13.9. The molecule has 0 spiro atoms. The number of hydrogen-bond donors (Lipinski definition) is 0. The van der Waals surface area contributed by atoms with Crippen LogP contribution in [0, 0.1) is 11.8 Å². The van der Waals surface area contributed by atoms with Gasteiger partial charge in [0.1, 0.15) is 6.61 Å². The van der Waals surface area contributed by atoms with E-state index in [1.807, 2.05) is 24.5 Å². The van der Waals surface area contributed by atoms with Crippen molar-refractivity contribution in [1.29, 1.82) is 0 Å². The van der Waals surface area contributed by atoms with Crippen molar-refractivity contribution in [3.05, 3.63) is 59.9 Å². The smallest absolute Gasteiger partial charge is 0.112 e. The summed E-state index contributed by atoms with van der Waals surface area (Å²) in [5.41, 5.74) is 2.65. The molecular weight excluding hydrogens is 232 g/mol. The Morgan fingerprint density at radius 3 is 2.63 bits per heavy atom. The molecule has 1 aliphatic carbocycles. The van der Waals surface area contributed by atoms with E-state index in [1.165, 1.54) is 30.4 Å². The number of allylic oxidation sites excluding steroid dienone is 3. The van der Waals surface area contributed by atoms with Crippen molar-refractivity contribution in [3.8, 4) is 0 Å². The summed E-state index contributed by atoms with van der Waals surface area (Å²) in [6, 6.07) is 10.3. The Kier molecular flexibility index (Phi) is 5.26. The van der Waals surface area contributed by atoms with E-state index in [-0.39, 0.29) is 0 Å². The number of rotatable bonds is 5. The van der Waals surface area contributed by atoms with E-state index in [0.29, 0.717) is 18.4 Å². The van der Waals surface area contributed by atoms with E-state index in [1.54, 1.807) is 0 Å². The van der Waals surface area contributed by atoms with Crippen LogP contribution >= 0.6 is 0 Å². The Morgan fingerprint density at radius 2 is 1.89 bits per heavy atom. The van der Waals surface area contributed by atoms with Crippen molar-refractivity contribution >= 4 is 0 Å². The van der Waals surface area contributed by atoms with E-state index >= 15 is 0 Å². The maximum atomic E-state index is 5.63. The summed E-state index contributed by atoms with van der Waals surface area (Å²) in [5, 5.41) is 0. The molecule has 1 aromatic carbocycles. The van der Waals surface area contributed by atoms with Crippen LogP contribution in [0.4, 0.5) is 0 Å². The molecule has 1 aromatic rings. The molecule has 102 valence electrons. The highest BCUT2D eigenvalue weighted by Crippen LogP contribution is 2.34. The van der Waals surface area contributed by atoms with Crippen molar-refractivity contribution in [2.45, 2.75) is 39.7 Å². The molecule has 0 N–H and O–H groups in total. The predicted molar refractivity (Wildman–Crippen MR) is 80.6 cm³/mol. The maximum Gasteiger partial charge on any atom is 0.112 e. The zero-order valence-corrected chi connectivity index (χ0v) is 12.0. The normalized spacial score (nSPS) is 22.6. The van der Waals surface area contributed by atoms with Gasteiger partial charge in [0, 0.05) is 0 Å². The average molecular weight is 256 g/mol. The van der Waals surface area contributed by atoms with Gasteiger partial charge in [0.15, 0.2) is 0 Å². The fourth-order valence-electron chi connectivity index (χ4n) is 2.77. The van der Waals surface area contributed by atoms with E-state index in [2.05, 4.69) is 38.1 Å². The average Bonchev–Trinajstić information content (AvgIpc) is 2.82. The van der Waals surface area contributed by atoms with Gasteiger partial charge in [-0.3, -0.25) is 0 Å². The Labute approximate surface area is 117 Å². The first-order valence-electron chi connectivity index (χ1n) is 7.23. The third-order valence-corrected chi connectivity index (χ3v) is 3.69. The lowest BCUT2D eigenvalue weighted by molar-refractivity contribution is 0.233. The van der Waals surface area contributed by atoms with Gasteiger partial charge in [-0.15, -0.1) is 0 Å². The van der Waals surface area contributed by atoms with E-state index in [9.17, 15) is 0 Å². The molecule has 0 amide bonds. The van der Waals surface area contributed by atoms with Crippen LogP contribution in [0.25, 0.3) is 0 Å². The Hall–Kier alpha value is -1.50. The predicted octanol–water partition coefficient (Wildman–Crippen LogP) is 5.10. The van der Waals surface area contributed by atoms with Crippen molar-refractivity contribution in [3.63, 3.8) is 0 Å². The summed E-state index contributed by atoms with van der Waals surface area (Å²) in [6.45, 7) is 5.04. The fraction of sp³-hybridized carbons (Fsp3) is 0.444. The van der Waals surface area contributed by atoms with Crippen molar-refractivity contribution < 1.29 is 4.74 Å². The lowest BCUT2D eigenvalue weighted by atomic mass is 9.94. The number of ether oxygens (including phenoxy) is 1. The molecule has 0 saturated heterocycles. The molecule has 1 heteroatoms. The highest BCUT2D eigenvalue weighted by atomic mass is 16.5. The SMILES string of the molecule is CC(C)=CC1CCCC1/C=C/OCc1ccccc1. The molecule has 19 heavy (non-hydrogen) atoms. The summed E-state index contributed by atoms with van der Waals surface area (Å²) in [6.07, 6.45) is 10.5. The van der Waals surface area contributed by atoms with Crippen molar-refractivity contribution in [1.82, 2.24) is 0 Å². The zero-order valence-electron chi connectivity index (χ0n) is 12.0. The second-order valence-corrected chi connectivity index (χ2v) is 5.63. The van der Waals surface area contributed by atoms with E-state index < -0.39 is 0 Å². The number of benzene rings is 1. The van der Waals surface area contributed by atoms with Crippen LogP contribution in [0.15, 0.2) is 54.3 Å². The van der Waals surface area contributed by atoms with Gasteiger partial charge in [-0.1, -0.05) is 48.4 Å².